The number of allylic oxidation sites excluding steroid dienone is 1. The van der Waals surface area contributed by atoms with E-state index in [1.807, 2.05) is 13.8 Å². The van der Waals surface area contributed by atoms with Crippen LogP contribution in [0.1, 0.15) is 111 Å². The van der Waals surface area contributed by atoms with E-state index in [1.54, 1.807) is 6.08 Å². The summed E-state index contributed by atoms with van der Waals surface area (Å²) in [5, 5.41) is 36.1. The second-order valence-electron chi connectivity index (χ2n) is 12.4. The summed E-state index contributed by atoms with van der Waals surface area (Å²) < 4.78 is 10.7. The minimum Gasteiger partial charge on any atom is -0.460 e. The molecule has 0 spiro atoms. The van der Waals surface area contributed by atoms with Crippen molar-refractivity contribution >= 4 is 17.8 Å². The van der Waals surface area contributed by atoms with Gasteiger partial charge in [-0.1, -0.05) is 97.6 Å². The predicted molar refractivity (Wildman–Crippen MR) is 162 cm³/mol. The standard InChI is InChI=1S/C32H58N2O8/c1-22(2)15-13-11-9-7-6-8-10-12-14-16-27(36)42-24-18-19-25(31(39)33-21-24)34-32(40)30(41-5)29(38)28(37)26(35)20-17-23(3)4/h17,20,22-26,28-30,35,37-38H,6-16,18-19,21H2,1-5H3,(H,33,39)(H,34,40)/b20-17+/t24-,25?,26+,28-,29+,30+/m0/s1. The quantitative estimate of drug-likeness (QED) is 0.0764. The molecule has 1 aliphatic heterocycles. The lowest BCUT2D eigenvalue weighted by atomic mass is 10.00. The first-order chi connectivity index (χ1) is 20.0. The van der Waals surface area contributed by atoms with E-state index in [0.717, 1.165) is 25.2 Å². The largest absolute Gasteiger partial charge is 0.460 e. The van der Waals surface area contributed by atoms with Crippen LogP contribution in [0.5, 0.6) is 0 Å². The fraction of sp³-hybridized carbons (Fsp3) is 0.844. The normalized spacial score (nSPS) is 20.7. The van der Waals surface area contributed by atoms with Crippen LogP contribution in [0.4, 0.5) is 0 Å². The number of hydrogen-bond acceptors (Lipinski definition) is 8. The van der Waals surface area contributed by atoms with E-state index in [1.165, 1.54) is 58.1 Å². The van der Waals surface area contributed by atoms with Crippen LogP contribution in [-0.2, 0) is 23.9 Å². The first-order valence-corrected chi connectivity index (χ1v) is 16.0. The Kier molecular flexibility index (Phi) is 19.6. The van der Waals surface area contributed by atoms with Crippen molar-refractivity contribution < 1.29 is 39.2 Å². The van der Waals surface area contributed by atoms with Crippen molar-refractivity contribution in [3.8, 4) is 0 Å². The molecule has 5 N–H and O–H groups in total. The molecule has 0 saturated carbocycles. The monoisotopic (exact) mass is 598 g/mol. The van der Waals surface area contributed by atoms with Crippen molar-refractivity contribution in [3.63, 3.8) is 0 Å². The van der Waals surface area contributed by atoms with Gasteiger partial charge in [0.2, 0.25) is 5.91 Å². The number of aliphatic hydroxyl groups is 3. The van der Waals surface area contributed by atoms with Crippen LogP contribution >= 0.6 is 0 Å². The Hall–Kier alpha value is -2.01. The van der Waals surface area contributed by atoms with Gasteiger partial charge in [0, 0.05) is 13.5 Å². The number of ether oxygens (including phenoxy) is 2. The summed E-state index contributed by atoms with van der Waals surface area (Å²) in [5.74, 6) is -0.615. The summed E-state index contributed by atoms with van der Waals surface area (Å²) in [4.78, 5) is 37.8. The van der Waals surface area contributed by atoms with E-state index in [9.17, 15) is 29.7 Å². The van der Waals surface area contributed by atoms with Crippen molar-refractivity contribution in [3.05, 3.63) is 12.2 Å². The highest BCUT2D eigenvalue weighted by Gasteiger charge is 2.37. The molecule has 0 bridgehead atoms. The van der Waals surface area contributed by atoms with Crippen molar-refractivity contribution in [2.24, 2.45) is 11.8 Å². The number of aliphatic hydroxyl groups excluding tert-OH is 3. The zero-order chi connectivity index (χ0) is 31.5. The third-order valence-corrected chi connectivity index (χ3v) is 7.59. The smallest absolute Gasteiger partial charge is 0.306 e. The second-order valence-corrected chi connectivity index (χ2v) is 12.4. The number of carbonyl (C=O) groups excluding carboxylic acids is 3. The van der Waals surface area contributed by atoms with Gasteiger partial charge in [0.05, 0.1) is 6.54 Å². The van der Waals surface area contributed by atoms with E-state index in [2.05, 4.69) is 24.5 Å². The van der Waals surface area contributed by atoms with Gasteiger partial charge in [-0.3, -0.25) is 14.4 Å². The zero-order valence-corrected chi connectivity index (χ0v) is 26.6. The molecular formula is C32H58N2O8. The lowest BCUT2D eigenvalue weighted by Crippen LogP contribution is -2.55. The van der Waals surface area contributed by atoms with E-state index < -0.39 is 48.4 Å². The molecule has 42 heavy (non-hydrogen) atoms. The first kappa shape index (κ1) is 38.0. The van der Waals surface area contributed by atoms with Crippen molar-refractivity contribution in [2.45, 2.75) is 148 Å². The van der Waals surface area contributed by atoms with Crippen molar-refractivity contribution in [1.82, 2.24) is 10.6 Å². The average molecular weight is 599 g/mol. The summed E-state index contributed by atoms with van der Waals surface area (Å²) in [5.41, 5.74) is 0. The Morgan fingerprint density at radius 2 is 1.50 bits per heavy atom. The molecule has 0 radical (unpaired) electrons. The molecule has 1 fully saturated rings. The molecule has 244 valence electrons. The maximum atomic E-state index is 12.8. The lowest BCUT2D eigenvalue weighted by molar-refractivity contribution is -0.151. The van der Waals surface area contributed by atoms with Crippen molar-refractivity contribution in [2.75, 3.05) is 13.7 Å². The van der Waals surface area contributed by atoms with Gasteiger partial charge < -0.3 is 35.4 Å². The zero-order valence-electron chi connectivity index (χ0n) is 26.6. The van der Waals surface area contributed by atoms with Crippen LogP contribution in [0.15, 0.2) is 12.2 Å². The number of rotatable bonds is 21. The summed E-state index contributed by atoms with van der Waals surface area (Å²) in [6.07, 6.45) is 9.00. The number of hydrogen-bond donors (Lipinski definition) is 5. The molecule has 1 saturated heterocycles. The molecule has 0 aliphatic carbocycles. The molecule has 1 heterocycles. The third kappa shape index (κ3) is 16.0. The molecule has 2 amide bonds. The van der Waals surface area contributed by atoms with Gasteiger partial charge in [-0.05, 0) is 31.1 Å². The molecule has 1 rings (SSSR count). The van der Waals surface area contributed by atoms with Crippen LogP contribution < -0.4 is 10.6 Å². The molecule has 6 atom stereocenters. The van der Waals surface area contributed by atoms with Crippen LogP contribution in [0.2, 0.25) is 0 Å². The van der Waals surface area contributed by atoms with Gasteiger partial charge in [-0.2, -0.15) is 0 Å². The van der Waals surface area contributed by atoms with Crippen LogP contribution in [0.25, 0.3) is 0 Å². The first-order valence-electron chi connectivity index (χ1n) is 16.0. The maximum Gasteiger partial charge on any atom is 0.306 e. The van der Waals surface area contributed by atoms with Gasteiger partial charge in [0.25, 0.3) is 5.91 Å². The Morgan fingerprint density at radius 3 is 2.07 bits per heavy atom. The van der Waals surface area contributed by atoms with Crippen LogP contribution in [0, 0.1) is 11.8 Å². The van der Waals surface area contributed by atoms with Gasteiger partial charge >= 0.3 is 5.97 Å². The van der Waals surface area contributed by atoms with Gasteiger partial charge in [-0.25, -0.2) is 0 Å². The number of amides is 2. The number of carbonyl (C=O) groups is 3. The fourth-order valence-electron chi connectivity index (χ4n) is 4.95. The molecule has 1 aliphatic rings. The highest BCUT2D eigenvalue weighted by Crippen LogP contribution is 2.16. The van der Waals surface area contributed by atoms with Gasteiger partial charge in [-0.15, -0.1) is 0 Å². The molecule has 0 aromatic carbocycles. The SMILES string of the molecule is CO[C@@H](C(=O)NC1CC[C@H](OC(=O)CCCCCCCCCCCC(C)C)CNC1=O)[C@H](O)[C@@H](O)[C@H](O)/C=C/C(C)C. The predicted octanol–water partition coefficient (Wildman–Crippen LogP) is 3.55. The third-order valence-electron chi connectivity index (χ3n) is 7.59. The van der Waals surface area contributed by atoms with Crippen molar-refractivity contribution in [1.29, 1.82) is 0 Å². The number of methoxy groups -OCH3 is 1. The van der Waals surface area contributed by atoms with Gasteiger partial charge in [0.1, 0.15) is 30.5 Å². The minimum absolute atomic E-state index is 0.122. The summed E-state index contributed by atoms with van der Waals surface area (Å²) in [7, 11) is 1.19. The molecule has 0 aromatic heterocycles. The van der Waals surface area contributed by atoms with E-state index in [-0.39, 0.29) is 24.9 Å². The molecular weight excluding hydrogens is 540 g/mol. The summed E-state index contributed by atoms with van der Waals surface area (Å²) in [6.45, 7) is 8.47. The minimum atomic E-state index is -1.73. The Morgan fingerprint density at radius 1 is 0.905 bits per heavy atom. The second kappa shape index (κ2) is 21.6. The van der Waals surface area contributed by atoms with E-state index >= 15 is 0 Å². The number of esters is 1. The summed E-state index contributed by atoms with van der Waals surface area (Å²) in [6, 6.07) is -0.927. The van der Waals surface area contributed by atoms with Crippen LogP contribution in [-0.4, -0.2) is 83.3 Å². The van der Waals surface area contributed by atoms with E-state index in [0.29, 0.717) is 12.8 Å². The fourth-order valence-corrected chi connectivity index (χ4v) is 4.95. The number of nitrogens with one attached hydrogen (secondary N) is 2. The Labute approximate surface area is 253 Å². The van der Waals surface area contributed by atoms with Crippen LogP contribution in [0.3, 0.4) is 0 Å². The van der Waals surface area contributed by atoms with Gasteiger partial charge in [0.15, 0.2) is 6.10 Å². The molecule has 10 heteroatoms. The number of unbranched alkanes of at least 4 members (excludes halogenated alkanes) is 8. The highest BCUT2D eigenvalue weighted by atomic mass is 16.5. The Balaban J connectivity index is 2.36. The summed E-state index contributed by atoms with van der Waals surface area (Å²) >= 11 is 0. The molecule has 0 aromatic rings. The highest BCUT2D eigenvalue weighted by molar-refractivity contribution is 5.89. The molecule has 10 nitrogen and oxygen atoms in total. The average Bonchev–Trinajstić information content (AvgIpc) is 3.10. The Bertz CT molecular complexity index is 803. The van der Waals surface area contributed by atoms with E-state index in [4.69, 9.17) is 9.47 Å². The topological polar surface area (TPSA) is 154 Å². The molecule has 1 unspecified atom stereocenters. The lowest BCUT2D eigenvalue weighted by Gasteiger charge is -2.28. The maximum absolute atomic E-state index is 12.8.